The highest BCUT2D eigenvalue weighted by atomic mass is 16.5. The van der Waals surface area contributed by atoms with E-state index in [1.165, 1.54) is 6.26 Å². The standard InChI is InChI=1S/C15H13N3O3/c1-9-10(6-7-20-9)15(19)21-8-13-17-12-5-3-2-4-11(12)14(16)18-13/h2-7H,8H2,1H3,(H2,16,17,18). The van der Waals surface area contributed by atoms with E-state index < -0.39 is 5.97 Å². The molecule has 0 unspecified atom stereocenters. The molecule has 106 valence electrons. The first-order valence-electron chi connectivity index (χ1n) is 6.37. The normalized spacial score (nSPS) is 10.7. The van der Waals surface area contributed by atoms with E-state index in [0.29, 0.717) is 23.0 Å². The third-order valence-corrected chi connectivity index (χ3v) is 3.09. The van der Waals surface area contributed by atoms with Gasteiger partial charge in [0, 0.05) is 5.39 Å². The highest BCUT2D eigenvalue weighted by molar-refractivity contribution is 5.90. The minimum atomic E-state index is -0.475. The summed E-state index contributed by atoms with van der Waals surface area (Å²) < 4.78 is 10.2. The molecule has 0 radical (unpaired) electrons. The van der Waals surface area contributed by atoms with E-state index in [-0.39, 0.29) is 6.61 Å². The van der Waals surface area contributed by atoms with Gasteiger partial charge < -0.3 is 14.9 Å². The number of furan rings is 1. The number of carbonyl (C=O) groups excluding carboxylic acids is 1. The summed E-state index contributed by atoms with van der Waals surface area (Å²) >= 11 is 0. The Hall–Kier alpha value is -2.89. The Morgan fingerprint density at radius 1 is 1.29 bits per heavy atom. The van der Waals surface area contributed by atoms with Crippen LogP contribution in [0, 0.1) is 6.92 Å². The number of esters is 1. The molecule has 1 aromatic carbocycles. The second-order valence-corrected chi connectivity index (χ2v) is 4.51. The van der Waals surface area contributed by atoms with E-state index in [0.717, 1.165) is 10.9 Å². The van der Waals surface area contributed by atoms with E-state index in [1.54, 1.807) is 13.0 Å². The van der Waals surface area contributed by atoms with Gasteiger partial charge in [0.05, 0.1) is 11.8 Å². The van der Waals surface area contributed by atoms with Crippen molar-refractivity contribution in [2.45, 2.75) is 13.5 Å². The Bertz CT molecular complexity index is 811. The van der Waals surface area contributed by atoms with Gasteiger partial charge in [0.25, 0.3) is 0 Å². The number of nitrogens with zero attached hydrogens (tertiary/aromatic N) is 2. The number of fused-ring (bicyclic) bond motifs is 1. The van der Waals surface area contributed by atoms with Crippen LogP contribution < -0.4 is 5.73 Å². The van der Waals surface area contributed by atoms with E-state index >= 15 is 0 Å². The maximum Gasteiger partial charge on any atom is 0.342 e. The maximum atomic E-state index is 11.9. The lowest BCUT2D eigenvalue weighted by Crippen LogP contribution is -2.09. The number of anilines is 1. The van der Waals surface area contributed by atoms with Crippen molar-refractivity contribution in [2.24, 2.45) is 0 Å². The number of ether oxygens (including phenoxy) is 1. The Kier molecular flexibility index (Phi) is 3.27. The summed E-state index contributed by atoms with van der Waals surface area (Å²) in [6.45, 7) is 1.65. The average molecular weight is 283 g/mol. The second-order valence-electron chi connectivity index (χ2n) is 4.51. The Morgan fingerprint density at radius 2 is 2.10 bits per heavy atom. The number of hydrogen-bond acceptors (Lipinski definition) is 6. The van der Waals surface area contributed by atoms with Crippen LogP contribution in [0.5, 0.6) is 0 Å². The summed E-state index contributed by atoms with van der Waals surface area (Å²) in [7, 11) is 0. The zero-order valence-electron chi connectivity index (χ0n) is 11.4. The SMILES string of the molecule is Cc1occc1C(=O)OCc1nc(N)c2ccccc2n1. The molecular weight excluding hydrogens is 270 g/mol. The third-order valence-electron chi connectivity index (χ3n) is 3.09. The number of benzene rings is 1. The lowest BCUT2D eigenvalue weighted by molar-refractivity contribution is 0.0460. The number of para-hydroxylation sites is 1. The van der Waals surface area contributed by atoms with Crippen LogP contribution in [-0.2, 0) is 11.3 Å². The van der Waals surface area contributed by atoms with Gasteiger partial charge in [0.15, 0.2) is 12.4 Å². The van der Waals surface area contributed by atoms with E-state index in [4.69, 9.17) is 14.9 Å². The predicted octanol–water partition coefficient (Wildman–Crippen LogP) is 2.47. The first-order chi connectivity index (χ1) is 10.1. The van der Waals surface area contributed by atoms with Crippen LogP contribution in [0.2, 0.25) is 0 Å². The molecule has 3 aromatic rings. The lowest BCUT2D eigenvalue weighted by atomic mass is 10.2. The predicted molar refractivity (Wildman–Crippen MR) is 76.5 cm³/mol. The van der Waals surface area contributed by atoms with E-state index in [2.05, 4.69) is 9.97 Å². The Morgan fingerprint density at radius 3 is 2.86 bits per heavy atom. The van der Waals surface area contributed by atoms with Crippen molar-refractivity contribution in [1.82, 2.24) is 9.97 Å². The number of nitrogens with two attached hydrogens (primary N) is 1. The lowest BCUT2D eigenvalue weighted by Gasteiger charge is -2.06. The van der Waals surface area contributed by atoms with Crippen LogP contribution in [0.3, 0.4) is 0 Å². The maximum absolute atomic E-state index is 11.9. The van der Waals surface area contributed by atoms with Crippen LogP contribution in [0.15, 0.2) is 41.0 Å². The molecule has 2 aromatic heterocycles. The zero-order valence-corrected chi connectivity index (χ0v) is 11.4. The van der Waals surface area contributed by atoms with Gasteiger partial charge in [-0.1, -0.05) is 12.1 Å². The Balaban J connectivity index is 1.79. The molecule has 0 bridgehead atoms. The highest BCUT2D eigenvalue weighted by Gasteiger charge is 2.14. The fourth-order valence-electron chi connectivity index (χ4n) is 2.02. The molecule has 0 saturated heterocycles. The van der Waals surface area contributed by atoms with Gasteiger partial charge in [-0.05, 0) is 25.1 Å². The fraction of sp³-hybridized carbons (Fsp3) is 0.133. The van der Waals surface area contributed by atoms with Gasteiger partial charge in [0.1, 0.15) is 17.1 Å². The molecule has 6 nitrogen and oxygen atoms in total. The number of aryl methyl sites for hydroxylation is 1. The molecule has 0 fully saturated rings. The van der Waals surface area contributed by atoms with Crippen molar-refractivity contribution in [3.8, 4) is 0 Å². The number of nitrogen functional groups attached to an aromatic ring is 1. The largest absolute Gasteiger partial charge is 0.469 e. The summed E-state index contributed by atoms with van der Waals surface area (Å²) in [6.07, 6.45) is 1.44. The van der Waals surface area contributed by atoms with Gasteiger partial charge in [-0.15, -0.1) is 0 Å². The van der Waals surface area contributed by atoms with Gasteiger partial charge in [-0.3, -0.25) is 0 Å². The van der Waals surface area contributed by atoms with Crippen LogP contribution in [0.1, 0.15) is 21.9 Å². The molecule has 3 rings (SSSR count). The number of rotatable bonds is 3. The molecule has 0 saturated carbocycles. The fourth-order valence-corrected chi connectivity index (χ4v) is 2.02. The first-order valence-corrected chi connectivity index (χ1v) is 6.37. The summed E-state index contributed by atoms with van der Waals surface area (Å²) in [5, 5.41) is 0.776. The number of hydrogen-bond donors (Lipinski definition) is 1. The van der Waals surface area contributed by atoms with Crippen molar-refractivity contribution >= 4 is 22.7 Å². The van der Waals surface area contributed by atoms with Crippen LogP contribution >= 0.6 is 0 Å². The minimum Gasteiger partial charge on any atom is -0.469 e. The molecule has 0 amide bonds. The molecular formula is C15H13N3O3. The van der Waals surface area contributed by atoms with Crippen molar-refractivity contribution < 1.29 is 13.9 Å². The monoisotopic (exact) mass is 283 g/mol. The van der Waals surface area contributed by atoms with Gasteiger partial charge in [-0.2, -0.15) is 0 Å². The first kappa shape index (κ1) is 13.1. The Labute approximate surface area is 120 Å². The topological polar surface area (TPSA) is 91.2 Å². The van der Waals surface area contributed by atoms with Crippen molar-refractivity contribution in [2.75, 3.05) is 5.73 Å². The molecule has 0 aliphatic heterocycles. The van der Waals surface area contributed by atoms with E-state index in [1.807, 2.05) is 24.3 Å². The summed E-state index contributed by atoms with van der Waals surface area (Å²) in [5.74, 6) is 0.766. The van der Waals surface area contributed by atoms with Gasteiger partial charge in [-0.25, -0.2) is 14.8 Å². The molecule has 21 heavy (non-hydrogen) atoms. The third kappa shape index (κ3) is 2.55. The van der Waals surface area contributed by atoms with Crippen molar-refractivity contribution in [1.29, 1.82) is 0 Å². The van der Waals surface area contributed by atoms with Crippen LogP contribution in [0.25, 0.3) is 10.9 Å². The smallest absolute Gasteiger partial charge is 0.342 e. The quantitative estimate of drug-likeness (QED) is 0.742. The summed E-state index contributed by atoms with van der Waals surface area (Å²) in [6, 6.07) is 8.96. The van der Waals surface area contributed by atoms with Crippen LogP contribution in [-0.4, -0.2) is 15.9 Å². The second kappa shape index (κ2) is 5.24. The highest BCUT2D eigenvalue weighted by Crippen LogP contribution is 2.18. The summed E-state index contributed by atoms with van der Waals surface area (Å²) in [4.78, 5) is 20.3. The van der Waals surface area contributed by atoms with Gasteiger partial charge >= 0.3 is 5.97 Å². The molecule has 0 aliphatic carbocycles. The number of carbonyl (C=O) groups is 1. The van der Waals surface area contributed by atoms with Crippen molar-refractivity contribution in [3.63, 3.8) is 0 Å². The molecule has 0 atom stereocenters. The number of aromatic nitrogens is 2. The molecule has 0 aliphatic rings. The summed E-state index contributed by atoms with van der Waals surface area (Å²) in [5.41, 5.74) is 6.99. The molecule has 2 heterocycles. The molecule has 0 spiro atoms. The molecule has 2 N–H and O–H groups in total. The zero-order chi connectivity index (χ0) is 14.8. The molecule has 6 heteroatoms. The van der Waals surface area contributed by atoms with Crippen LogP contribution in [0.4, 0.5) is 5.82 Å². The van der Waals surface area contributed by atoms with Crippen molar-refractivity contribution in [3.05, 3.63) is 53.7 Å². The minimum absolute atomic E-state index is 0.0432. The van der Waals surface area contributed by atoms with E-state index in [9.17, 15) is 4.79 Å². The van der Waals surface area contributed by atoms with Gasteiger partial charge in [0.2, 0.25) is 0 Å². The average Bonchev–Trinajstić information content (AvgIpc) is 2.91.